The number of furan rings is 1. The summed E-state index contributed by atoms with van der Waals surface area (Å²) >= 11 is 6.26. The average molecular weight is 440 g/mol. The number of anilines is 1. The number of carbonyl (C=O) groups excluding carboxylic acids is 2. The minimum atomic E-state index is -1.11. The van der Waals surface area contributed by atoms with Crippen LogP contribution in [0.1, 0.15) is 22.9 Å². The van der Waals surface area contributed by atoms with Crippen molar-refractivity contribution in [1.29, 1.82) is 0 Å². The molecule has 7 nitrogen and oxygen atoms in total. The molecule has 1 amide bonds. The van der Waals surface area contributed by atoms with Crippen molar-refractivity contribution in [3.8, 4) is 11.5 Å². The Morgan fingerprint density at radius 1 is 1.16 bits per heavy atom. The normalized spacial score (nSPS) is 17.9. The van der Waals surface area contributed by atoms with Crippen LogP contribution in [0.2, 0.25) is 5.02 Å². The van der Waals surface area contributed by atoms with Crippen LogP contribution in [0.4, 0.5) is 5.69 Å². The number of ether oxygens (including phenoxy) is 1. The van der Waals surface area contributed by atoms with Crippen LogP contribution in [0.25, 0.3) is 5.76 Å². The highest BCUT2D eigenvalue weighted by Gasteiger charge is 2.49. The number of aromatic hydroxyl groups is 1. The Morgan fingerprint density at radius 2 is 1.94 bits per heavy atom. The molecule has 4 rings (SSSR count). The summed E-state index contributed by atoms with van der Waals surface area (Å²) in [6, 6.07) is 11.3. The van der Waals surface area contributed by atoms with Gasteiger partial charge in [-0.25, -0.2) is 0 Å². The number of halogens is 1. The van der Waals surface area contributed by atoms with Gasteiger partial charge in [-0.15, -0.1) is 0 Å². The maximum Gasteiger partial charge on any atom is 0.300 e. The van der Waals surface area contributed by atoms with Crippen LogP contribution in [0, 0.1) is 6.92 Å². The summed E-state index contributed by atoms with van der Waals surface area (Å²) in [6.07, 6.45) is 1.39. The molecule has 1 atom stereocenters. The number of nitrogens with zero attached hydrogens (tertiary/aromatic N) is 1. The quantitative estimate of drug-likeness (QED) is 0.350. The topological polar surface area (TPSA) is 100 Å². The molecule has 0 saturated carbocycles. The van der Waals surface area contributed by atoms with Crippen molar-refractivity contribution in [2.75, 3.05) is 12.0 Å². The van der Waals surface area contributed by atoms with Gasteiger partial charge in [0.2, 0.25) is 0 Å². The van der Waals surface area contributed by atoms with Gasteiger partial charge in [-0.05, 0) is 55.0 Å². The zero-order chi connectivity index (χ0) is 22.3. The molecule has 1 fully saturated rings. The van der Waals surface area contributed by atoms with Gasteiger partial charge in [-0.3, -0.25) is 14.5 Å². The van der Waals surface area contributed by atoms with Crippen molar-refractivity contribution >= 4 is 34.7 Å². The third-order valence-corrected chi connectivity index (χ3v) is 5.41. The number of ketones is 1. The minimum absolute atomic E-state index is 0.124. The molecule has 2 N–H and O–H groups in total. The number of rotatable bonds is 4. The fourth-order valence-electron chi connectivity index (χ4n) is 3.58. The number of carbonyl (C=O) groups is 2. The van der Waals surface area contributed by atoms with Gasteiger partial charge in [0.1, 0.15) is 29.1 Å². The van der Waals surface area contributed by atoms with Crippen molar-refractivity contribution in [3.05, 3.63) is 82.3 Å². The summed E-state index contributed by atoms with van der Waals surface area (Å²) in [4.78, 5) is 27.2. The highest BCUT2D eigenvalue weighted by molar-refractivity contribution is 6.52. The maximum absolute atomic E-state index is 13.1. The molecule has 0 bridgehead atoms. The molecule has 2 heterocycles. The van der Waals surface area contributed by atoms with E-state index in [1.807, 2.05) is 0 Å². The molecule has 1 saturated heterocycles. The zero-order valence-corrected chi connectivity index (χ0v) is 17.4. The Balaban J connectivity index is 1.98. The van der Waals surface area contributed by atoms with E-state index in [1.54, 1.807) is 37.3 Å². The maximum atomic E-state index is 13.1. The number of aryl methyl sites for hydroxylation is 1. The molecule has 8 heteroatoms. The molecule has 2 aromatic carbocycles. The molecule has 1 aliphatic heterocycles. The summed E-state index contributed by atoms with van der Waals surface area (Å²) in [5, 5.41) is 21.7. The van der Waals surface area contributed by atoms with Crippen LogP contribution in [0.5, 0.6) is 11.5 Å². The van der Waals surface area contributed by atoms with E-state index in [2.05, 4.69) is 0 Å². The lowest BCUT2D eigenvalue weighted by atomic mass is 9.99. The Morgan fingerprint density at radius 3 is 2.61 bits per heavy atom. The number of phenols is 1. The van der Waals surface area contributed by atoms with E-state index in [4.69, 9.17) is 20.8 Å². The van der Waals surface area contributed by atoms with E-state index in [0.29, 0.717) is 5.75 Å². The van der Waals surface area contributed by atoms with Crippen LogP contribution >= 0.6 is 11.6 Å². The van der Waals surface area contributed by atoms with Crippen LogP contribution in [-0.2, 0) is 9.59 Å². The van der Waals surface area contributed by atoms with Gasteiger partial charge < -0.3 is 19.4 Å². The van der Waals surface area contributed by atoms with Gasteiger partial charge in [0.05, 0.1) is 29.7 Å². The number of benzene rings is 2. The number of Topliss-reactive ketones (excluding diaryl/α,β-unsaturated/α-hetero) is 1. The van der Waals surface area contributed by atoms with Crippen molar-refractivity contribution in [2.24, 2.45) is 0 Å². The van der Waals surface area contributed by atoms with Gasteiger partial charge in [0, 0.05) is 5.56 Å². The fraction of sp³-hybridized carbons (Fsp3) is 0.130. The molecule has 1 aromatic heterocycles. The lowest BCUT2D eigenvalue weighted by Gasteiger charge is -2.24. The van der Waals surface area contributed by atoms with Gasteiger partial charge in [0.25, 0.3) is 11.7 Å². The summed E-state index contributed by atoms with van der Waals surface area (Å²) in [6.45, 7) is 1.79. The predicted molar refractivity (Wildman–Crippen MR) is 114 cm³/mol. The molecule has 0 radical (unpaired) electrons. The molecular formula is C23H18ClNO6. The van der Waals surface area contributed by atoms with Gasteiger partial charge in [0.15, 0.2) is 0 Å². The van der Waals surface area contributed by atoms with Crippen molar-refractivity contribution in [2.45, 2.75) is 13.0 Å². The monoisotopic (exact) mass is 439 g/mol. The number of methoxy groups -OCH3 is 1. The van der Waals surface area contributed by atoms with Crippen LogP contribution in [-0.4, -0.2) is 29.0 Å². The molecule has 1 aliphatic rings. The number of amides is 1. The number of phenolic OH excluding ortho intramolecular Hbond substituents is 1. The zero-order valence-electron chi connectivity index (χ0n) is 16.6. The van der Waals surface area contributed by atoms with E-state index < -0.39 is 23.5 Å². The van der Waals surface area contributed by atoms with Gasteiger partial charge in [-0.2, -0.15) is 0 Å². The van der Waals surface area contributed by atoms with E-state index in [-0.39, 0.29) is 33.4 Å². The number of hydrogen-bond donors (Lipinski definition) is 2. The summed E-state index contributed by atoms with van der Waals surface area (Å²) in [5.41, 5.74) is 0.808. The lowest BCUT2D eigenvalue weighted by molar-refractivity contribution is -0.132. The molecule has 1 unspecified atom stereocenters. The van der Waals surface area contributed by atoms with E-state index in [1.165, 1.54) is 31.6 Å². The smallest absolute Gasteiger partial charge is 0.300 e. The molecule has 31 heavy (non-hydrogen) atoms. The Labute approximate surface area is 182 Å². The first-order chi connectivity index (χ1) is 14.8. The molecule has 0 aliphatic carbocycles. The first-order valence-corrected chi connectivity index (χ1v) is 9.69. The Hall–Kier alpha value is -3.71. The van der Waals surface area contributed by atoms with Crippen LogP contribution < -0.4 is 9.64 Å². The first kappa shape index (κ1) is 20.6. The fourth-order valence-corrected chi connectivity index (χ4v) is 3.79. The molecule has 158 valence electrons. The van der Waals surface area contributed by atoms with E-state index in [0.717, 1.165) is 10.5 Å². The lowest BCUT2D eigenvalue weighted by Crippen LogP contribution is -2.29. The highest BCUT2D eigenvalue weighted by Crippen LogP contribution is 2.45. The number of aliphatic hydroxyl groups excluding tert-OH is 1. The highest BCUT2D eigenvalue weighted by atomic mass is 35.5. The van der Waals surface area contributed by atoms with Crippen LogP contribution in [0.15, 0.2) is 64.8 Å². The molecule has 0 spiro atoms. The largest absolute Gasteiger partial charge is 0.507 e. The van der Waals surface area contributed by atoms with Crippen LogP contribution in [0.3, 0.4) is 0 Å². The molecular weight excluding hydrogens is 422 g/mol. The SMILES string of the molecule is COc1ccc(Cl)c(/C(O)=C2/C(=O)C(=O)N(c3cc(C)ccc3O)C2c2ccco2)c1. The van der Waals surface area contributed by atoms with Crippen molar-refractivity contribution in [3.63, 3.8) is 0 Å². The second-order valence-electron chi connectivity index (χ2n) is 7.02. The average Bonchev–Trinajstić information content (AvgIpc) is 3.37. The van der Waals surface area contributed by atoms with E-state index in [9.17, 15) is 19.8 Å². The Kier molecular flexibility index (Phi) is 5.20. The summed E-state index contributed by atoms with van der Waals surface area (Å²) in [7, 11) is 1.45. The second kappa shape index (κ2) is 7.85. The molecule has 3 aromatic rings. The first-order valence-electron chi connectivity index (χ1n) is 9.31. The third-order valence-electron chi connectivity index (χ3n) is 5.08. The minimum Gasteiger partial charge on any atom is -0.507 e. The summed E-state index contributed by atoms with van der Waals surface area (Å²) < 4.78 is 10.7. The number of hydrogen-bond acceptors (Lipinski definition) is 6. The third kappa shape index (κ3) is 3.43. The summed E-state index contributed by atoms with van der Waals surface area (Å²) in [5.74, 6) is -1.87. The van der Waals surface area contributed by atoms with Gasteiger partial charge in [-0.1, -0.05) is 17.7 Å². The number of aliphatic hydroxyl groups is 1. The predicted octanol–water partition coefficient (Wildman–Crippen LogP) is 4.58. The van der Waals surface area contributed by atoms with Crippen molar-refractivity contribution < 1.29 is 29.0 Å². The van der Waals surface area contributed by atoms with Gasteiger partial charge >= 0.3 is 0 Å². The second-order valence-corrected chi connectivity index (χ2v) is 7.43. The van der Waals surface area contributed by atoms with E-state index >= 15 is 0 Å². The van der Waals surface area contributed by atoms with Crippen molar-refractivity contribution in [1.82, 2.24) is 0 Å². The standard InChI is InChI=1S/C23H18ClNO6/c1-12-5-8-17(26)16(10-12)25-20(18-4-3-9-31-18)19(22(28)23(25)29)21(27)14-11-13(30-2)6-7-15(14)24/h3-11,20,26-27H,1-2H3/b21-19-. The Bertz CT molecular complexity index is 1210.